The van der Waals surface area contributed by atoms with Gasteiger partial charge in [0.25, 0.3) is 0 Å². The Morgan fingerprint density at radius 1 is 1.33 bits per heavy atom. The Labute approximate surface area is 97.6 Å². The topological polar surface area (TPSA) is 50.4 Å². The summed E-state index contributed by atoms with van der Waals surface area (Å²) in [6, 6.07) is 7.24. The van der Waals surface area contributed by atoms with Gasteiger partial charge in [0.1, 0.15) is 5.84 Å². The van der Waals surface area contributed by atoms with E-state index in [1.807, 2.05) is 12.1 Å². The fraction of sp³-hybridized carbons (Fsp3) is 0.100. The summed E-state index contributed by atoms with van der Waals surface area (Å²) >= 11 is 12.3. The van der Waals surface area contributed by atoms with Crippen LogP contribution in [0, 0.1) is 0 Å². The van der Waals surface area contributed by atoms with Crippen molar-refractivity contribution >= 4 is 29.0 Å². The van der Waals surface area contributed by atoms with Crippen molar-refractivity contribution in [3.05, 3.63) is 47.1 Å². The number of nitrogens with one attached hydrogen (secondary N) is 1. The van der Waals surface area contributed by atoms with Gasteiger partial charge in [-0.25, -0.2) is 4.99 Å². The minimum absolute atomic E-state index is 0.365. The second-order valence-electron chi connectivity index (χ2n) is 3.12. The molecule has 0 fully saturated rings. The number of hydrogen-bond donors (Lipinski definition) is 2. The lowest BCUT2D eigenvalue weighted by Gasteiger charge is -2.27. The van der Waals surface area contributed by atoms with E-state index in [1.54, 1.807) is 24.4 Å². The first-order valence-electron chi connectivity index (χ1n) is 4.35. The molecule has 15 heavy (non-hydrogen) atoms. The largest absolute Gasteiger partial charge is 0.384 e. The van der Waals surface area contributed by atoms with Crippen LogP contribution in [0.5, 0.6) is 0 Å². The molecule has 1 aliphatic heterocycles. The van der Waals surface area contributed by atoms with Gasteiger partial charge in [0.15, 0.2) is 0 Å². The summed E-state index contributed by atoms with van der Waals surface area (Å²) in [5.41, 5.74) is 6.27. The Kier molecular flexibility index (Phi) is 2.59. The average Bonchev–Trinajstić information content (AvgIpc) is 2.17. The van der Waals surface area contributed by atoms with Gasteiger partial charge >= 0.3 is 0 Å². The molecule has 5 heteroatoms. The van der Waals surface area contributed by atoms with Crippen LogP contribution in [0.15, 0.2) is 41.5 Å². The zero-order valence-electron chi connectivity index (χ0n) is 7.74. The van der Waals surface area contributed by atoms with Crippen LogP contribution >= 0.6 is 23.2 Å². The van der Waals surface area contributed by atoms with Crippen LogP contribution in [0.2, 0.25) is 5.02 Å². The number of halogens is 2. The second-order valence-corrected chi connectivity index (χ2v) is 4.07. The third-order valence-corrected chi connectivity index (χ3v) is 2.77. The highest BCUT2D eigenvalue weighted by Crippen LogP contribution is 2.34. The molecule has 1 atom stereocenters. The molecule has 0 aromatic heterocycles. The molecule has 0 bridgehead atoms. The van der Waals surface area contributed by atoms with E-state index in [0.717, 1.165) is 0 Å². The lowest BCUT2D eigenvalue weighted by Crippen LogP contribution is -2.37. The van der Waals surface area contributed by atoms with Gasteiger partial charge < -0.3 is 11.1 Å². The summed E-state index contributed by atoms with van der Waals surface area (Å²) in [5.74, 6) is 0.365. The highest BCUT2D eigenvalue weighted by molar-refractivity contribution is 6.33. The zero-order valence-corrected chi connectivity index (χ0v) is 9.26. The molecule has 1 aromatic rings. The van der Waals surface area contributed by atoms with E-state index in [-0.39, 0.29) is 0 Å². The van der Waals surface area contributed by atoms with Gasteiger partial charge in [-0.1, -0.05) is 41.4 Å². The Morgan fingerprint density at radius 3 is 2.73 bits per heavy atom. The molecule has 1 aliphatic rings. The Morgan fingerprint density at radius 2 is 2.07 bits per heavy atom. The van der Waals surface area contributed by atoms with Crippen molar-refractivity contribution in [2.75, 3.05) is 0 Å². The number of aliphatic imine (C=N–C) groups is 1. The van der Waals surface area contributed by atoms with E-state index in [4.69, 9.17) is 28.9 Å². The molecule has 0 saturated carbocycles. The number of hydrogen-bond acceptors (Lipinski definition) is 3. The molecule has 1 unspecified atom stereocenters. The fourth-order valence-corrected chi connectivity index (χ4v) is 2.00. The molecule has 0 aliphatic carbocycles. The molecular weight excluding hydrogens is 233 g/mol. The molecule has 3 nitrogen and oxygen atoms in total. The molecule has 0 radical (unpaired) electrons. The molecule has 78 valence electrons. The maximum absolute atomic E-state index is 6.29. The van der Waals surface area contributed by atoms with Gasteiger partial charge in [-0.2, -0.15) is 0 Å². The Balaban J connectivity index is 2.47. The van der Waals surface area contributed by atoms with E-state index in [1.165, 1.54) is 0 Å². The number of nitrogens with zero attached hydrogens (tertiary/aromatic N) is 1. The van der Waals surface area contributed by atoms with Gasteiger partial charge in [0, 0.05) is 16.8 Å². The van der Waals surface area contributed by atoms with E-state index in [2.05, 4.69) is 10.3 Å². The minimum atomic E-state index is -1.10. The lowest BCUT2D eigenvalue weighted by molar-refractivity contribution is 0.569. The van der Waals surface area contributed by atoms with E-state index < -0.39 is 5.12 Å². The van der Waals surface area contributed by atoms with Crippen LogP contribution in [-0.4, -0.2) is 5.84 Å². The van der Waals surface area contributed by atoms with Crippen molar-refractivity contribution in [1.29, 1.82) is 0 Å². The minimum Gasteiger partial charge on any atom is -0.384 e. The van der Waals surface area contributed by atoms with Crippen molar-refractivity contribution in [2.45, 2.75) is 5.12 Å². The Bertz CT molecular complexity index is 442. The van der Waals surface area contributed by atoms with E-state index >= 15 is 0 Å². The standard InChI is InChI=1S/C10H9Cl2N3/c11-8-4-2-1-3-7(8)10(12)14-6-5-9(13)15-10/h1-6,14H,(H2,13,15). The summed E-state index contributed by atoms with van der Waals surface area (Å²) in [5, 5.41) is 2.36. The van der Waals surface area contributed by atoms with Crippen LogP contribution in [0.1, 0.15) is 5.56 Å². The number of alkyl halides is 1. The lowest BCUT2D eigenvalue weighted by atomic mass is 10.1. The molecule has 1 aromatic carbocycles. The maximum Gasteiger partial charge on any atom is 0.235 e. The molecule has 2 rings (SSSR count). The molecule has 0 saturated heterocycles. The number of nitrogens with two attached hydrogens (primary N) is 1. The van der Waals surface area contributed by atoms with E-state index in [0.29, 0.717) is 16.4 Å². The third kappa shape index (κ3) is 1.94. The van der Waals surface area contributed by atoms with Crippen molar-refractivity contribution in [3.8, 4) is 0 Å². The summed E-state index contributed by atoms with van der Waals surface area (Å²) in [6.45, 7) is 0. The summed E-state index contributed by atoms with van der Waals surface area (Å²) in [4.78, 5) is 4.12. The van der Waals surface area contributed by atoms with Crippen LogP contribution in [-0.2, 0) is 5.12 Å². The van der Waals surface area contributed by atoms with Crippen LogP contribution in [0.25, 0.3) is 0 Å². The van der Waals surface area contributed by atoms with Gasteiger partial charge in [-0.3, -0.25) is 0 Å². The number of benzene rings is 1. The quantitative estimate of drug-likeness (QED) is 0.585. The first kappa shape index (κ1) is 10.3. The second kappa shape index (κ2) is 3.76. The van der Waals surface area contributed by atoms with Crippen molar-refractivity contribution in [2.24, 2.45) is 10.7 Å². The molecule has 0 spiro atoms. The number of amidine groups is 1. The maximum atomic E-state index is 6.29. The van der Waals surface area contributed by atoms with Crippen molar-refractivity contribution < 1.29 is 0 Å². The highest BCUT2D eigenvalue weighted by atomic mass is 35.5. The normalized spacial score (nSPS) is 24.5. The van der Waals surface area contributed by atoms with Crippen molar-refractivity contribution in [1.82, 2.24) is 5.32 Å². The predicted octanol–water partition coefficient (Wildman–Crippen LogP) is 2.16. The van der Waals surface area contributed by atoms with Gasteiger partial charge in [-0.05, 0) is 12.1 Å². The summed E-state index contributed by atoms with van der Waals surface area (Å²) in [6.07, 6.45) is 3.29. The first-order valence-corrected chi connectivity index (χ1v) is 5.11. The van der Waals surface area contributed by atoms with Gasteiger partial charge in [0.2, 0.25) is 5.12 Å². The summed E-state index contributed by atoms with van der Waals surface area (Å²) < 4.78 is 0. The smallest absolute Gasteiger partial charge is 0.235 e. The van der Waals surface area contributed by atoms with Crippen molar-refractivity contribution in [3.63, 3.8) is 0 Å². The first-order chi connectivity index (χ1) is 7.12. The highest BCUT2D eigenvalue weighted by Gasteiger charge is 2.31. The summed E-state index contributed by atoms with van der Waals surface area (Å²) in [7, 11) is 0. The average molecular weight is 242 g/mol. The van der Waals surface area contributed by atoms with Gasteiger partial charge in [-0.15, -0.1) is 0 Å². The van der Waals surface area contributed by atoms with Crippen LogP contribution in [0.3, 0.4) is 0 Å². The third-order valence-electron chi connectivity index (χ3n) is 2.04. The Hall–Kier alpha value is -1.19. The zero-order chi connectivity index (χ0) is 10.9. The number of rotatable bonds is 1. The molecule has 1 heterocycles. The SMILES string of the molecule is NC1=NC(Cl)(c2ccccc2Cl)NC=C1. The molecule has 0 amide bonds. The fourth-order valence-electron chi connectivity index (χ4n) is 1.35. The molecule has 3 N–H and O–H groups in total. The predicted molar refractivity (Wildman–Crippen MR) is 62.9 cm³/mol. The van der Waals surface area contributed by atoms with E-state index in [9.17, 15) is 0 Å². The molecular formula is C10H9Cl2N3. The monoisotopic (exact) mass is 241 g/mol. The van der Waals surface area contributed by atoms with Crippen LogP contribution < -0.4 is 11.1 Å². The van der Waals surface area contributed by atoms with Gasteiger partial charge in [0.05, 0.1) is 0 Å². The van der Waals surface area contributed by atoms with Crippen LogP contribution in [0.4, 0.5) is 0 Å².